The summed E-state index contributed by atoms with van der Waals surface area (Å²) in [6.07, 6.45) is 6.51. The highest BCUT2D eigenvalue weighted by Gasteiger charge is 2.20. The van der Waals surface area contributed by atoms with Crippen molar-refractivity contribution >= 4 is 7.82 Å². The Morgan fingerprint density at radius 1 is 1.07 bits per heavy atom. The molecule has 0 saturated heterocycles. The van der Waals surface area contributed by atoms with Crippen molar-refractivity contribution in [3.05, 3.63) is 0 Å². The molecule has 0 fully saturated rings. The molecule has 0 aromatic carbocycles. The minimum atomic E-state index is -4.31. The Bertz CT molecular complexity index is 190. The zero-order chi connectivity index (χ0) is 11.7. The monoisotopic (exact) mass is 238 g/mol. The van der Waals surface area contributed by atoms with Crippen LogP contribution in [-0.2, 0) is 9.09 Å². The van der Waals surface area contributed by atoms with Crippen molar-refractivity contribution in [1.29, 1.82) is 0 Å². The predicted octanol–water partition coefficient (Wildman–Crippen LogP) is 3.23. The summed E-state index contributed by atoms with van der Waals surface area (Å²) in [6.45, 7) is 4.12. The molecule has 0 bridgehead atoms. The highest BCUT2D eigenvalue weighted by Crippen LogP contribution is 2.39. The van der Waals surface area contributed by atoms with Gasteiger partial charge in [0, 0.05) is 0 Å². The quantitative estimate of drug-likeness (QED) is 0.478. The average Bonchev–Trinajstić information content (AvgIpc) is 2.10. The summed E-state index contributed by atoms with van der Waals surface area (Å²) in [5.41, 5.74) is 0. The summed E-state index contributed by atoms with van der Waals surface area (Å²) in [5.74, 6) is 0. The smallest absolute Gasteiger partial charge is 0.303 e. The van der Waals surface area contributed by atoms with Gasteiger partial charge in [-0.3, -0.25) is 4.52 Å². The number of phosphoric acid groups is 1. The summed E-state index contributed by atoms with van der Waals surface area (Å²) in [4.78, 5) is 17.4. The third-order valence-electron chi connectivity index (χ3n) is 2.28. The summed E-state index contributed by atoms with van der Waals surface area (Å²) in [5, 5.41) is 0. The Labute approximate surface area is 92.3 Å². The molecule has 0 aromatic heterocycles. The molecule has 15 heavy (non-hydrogen) atoms. The fraction of sp³-hybridized carbons (Fsp3) is 1.00. The molecule has 0 aromatic rings. The third kappa shape index (κ3) is 10.4. The molecule has 1 atom stereocenters. The van der Waals surface area contributed by atoms with Gasteiger partial charge in [-0.25, -0.2) is 4.57 Å². The van der Waals surface area contributed by atoms with Crippen LogP contribution in [0.5, 0.6) is 0 Å². The van der Waals surface area contributed by atoms with Gasteiger partial charge < -0.3 is 9.79 Å². The maximum Gasteiger partial charge on any atom is 0.469 e. The van der Waals surface area contributed by atoms with Gasteiger partial charge in [0.1, 0.15) is 0 Å². The van der Waals surface area contributed by atoms with Gasteiger partial charge in [0.15, 0.2) is 0 Å². The van der Waals surface area contributed by atoms with Crippen LogP contribution in [0.15, 0.2) is 0 Å². The molecule has 4 nitrogen and oxygen atoms in total. The van der Waals surface area contributed by atoms with E-state index in [-0.39, 0.29) is 6.10 Å². The molecule has 0 heterocycles. The van der Waals surface area contributed by atoms with E-state index in [2.05, 4.69) is 6.92 Å². The van der Waals surface area contributed by atoms with Gasteiger partial charge >= 0.3 is 7.82 Å². The van der Waals surface area contributed by atoms with Gasteiger partial charge in [-0.15, -0.1) is 0 Å². The Morgan fingerprint density at radius 3 is 2.20 bits per heavy atom. The summed E-state index contributed by atoms with van der Waals surface area (Å²) in [7, 11) is -4.31. The van der Waals surface area contributed by atoms with Crippen LogP contribution < -0.4 is 0 Å². The number of hydrogen-bond acceptors (Lipinski definition) is 2. The van der Waals surface area contributed by atoms with Crippen LogP contribution in [-0.4, -0.2) is 15.9 Å². The third-order valence-corrected chi connectivity index (χ3v) is 2.85. The summed E-state index contributed by atoms with van der Waals surface area (Å²) in [6, 6.07) is 0. The maximum absolute atomic E-state index is 10.7. The molecule has 2 N–H and O–H groups in total. The van der Waals surface area contributed by atoms with E-state index in [1.54, 1.807) is 0 Å². The van der Waals surface area contributed by atoms with E-state index in [0.29, 0.717) is 0 Å². The van der Waals surface area contributed by atoms with Crippen molar-refractivity contribution in [2.45, 2.75) is 64.9 Å². The molecular formula is C10H23O4P. The standard InChI is InChI=1S/C10H23O4P/c1-3-5-6-7-9-10(8-4-2)14-15(11,12)13/h10H,3-9H2,1-2H3,(H2,11,12,13). The van der Waals surface area contributed by atoms with Gasteiger partial charge in [-0.2, -0.15) is 0 Å². The van der Waals surface area contributed by atoms with E-state index in [1.807, 2.05) is 6.92 Å². The number of rotatable bonds is 9. The largest absolute Gasteiger partial charge is 0.469 e. The molecular weight excluding hydrogens is 215 g/mol. The van der Waals surface area contributed by atoms with Crippen LogP contribution in [0, 0.1) is 0 Å². The molecule has 92 valence electrons. The van der Waals surface area contributed by atoms with E-state index in [1.165, 1.54) is 6.42 Å². The van der Waals surface area contributed by atoms with Crippen LogP contribution in [0.1, 0.15) is 58.8 Å². The van der Waals surface area contributed by atoms with Gasteiger partial charge in [-0.05, 0) is 12.8 Å². The lowest BCUT2D eigenvalue weighted by Crippen LogP contribution is -2.11. The van der Waals surface area contributed by atoms with Crippen molar-refractivity contribution in [1.82, 2.24) is 0 Å². The van der Waals surface area contributed by atoms with Crippen molar-refractivity contribution in [3.63, 3.8) is 0 Å². The molecule has 0 aliphatic carbocycles. The van der Waals surface area contributed by atoms with Crippen LogP contribution >= 0.6 is 7.82 Å². The van der Waals surface area contributed by atoms with E-state index < -0.39 is 7.82 Å². The molecule has 0 aliphatic rings. The molecule has 0 amide bonds. The van der Waals surface area contributed by atoms with Crippen LogP contribution in [0.25, 0.3) is 0 Å². The van der Waals surface area contributed by atoms with Crippen molar-refractivity contribution in [2.24, 2.45) is 0 Å². The average molecular weight is 238 g/mol. The van der Waals surface area contributed by atoms with Crippen molar-refractivity contribution in [2.75, 3.05) is 0 Å². The zero-order valence-electron chi connectivity index (χ0n) is 9.69. The van der Waals surface area contributed by atoms with E-state index >= 15 is 0 Å². The van der Waals surface area contributed by atoms with Crippen LogP contribution in [0.2, 0.25) is 0 Å². The SMILES string of the molecule is CCCCCCC(CCC)OP(=O)(O)O. The first-order chi connectivity index (χ1) is 6.99. The topological polar surface area (TPSA) is 66.8 Å². The van der Waals surface area contributed by atoms with Gasteiger partial charge in [0.2, 0.25) is 0 Å². The Morgan fingerprint density at radius 2 is 1.73 bits per heavy atom. The fourth-order valence-corrected chi connectivity index (χ4v) is 2.16. The fourth-order valence-electron chi connectivity index (χ4n) is 1.56. The lowest BCUT2D eigenvalue weighted by atomic mass is 10.1. The summed E-state index contributed by atoms with van der Waals surface area (Å²) >= 11 is 0. The molecule has 0 saturated carbocycles. The first-order valence-corrected chi connectivity index (χ1v) is 7.26. The highest BCUT2D eigenvalue weighted by atomic mass is 31.2. The zero-order valence-corrected chi connectivity index (χ0v) is 10.6. The van der Waals surface area contributed by atoms with E-state index in [0.717, 1.165) is 38.5 Å². The molecule has 0 radical (unpaired) electrons. The number of phosphoric ester groups is 1. The van der Waals surface area contributed by atoms with Crippen molar-refractivity contribution in [3.8, 4) is 0 Å². The maximum atomic E-state index is 10.7. The van der Waals surface area contributed by atoms with E-state index in [9.17, 15) is 4.57 Å². The second kappa shape index (κ2) is 8.28. The first kappa shape index (κ1) is 15.1. The molecule has 0 rings (SSSR count). The minimum absolute atomic E-state index is 0.285. The van der Waals surface area contributed by atoms with Gasteiger partial charge in [-0.1, -0.05) is 46.0 Å². The highest BCUT2D eigenvalue weighted by molar-refractivity contribution is 7.46. The summed E-state index contributed by atoms with van der Waals surface area (Å²) < 4.78 is 15.4. The Kier molecular flexibility index (Phi) is 8.34. The Hall–Kier alpha value is 0.110. The Balaban J connectivity index is 3.78. The second-order valence-electron chi connectivity index (χ2n) is 3.86. The minimum Gasteiger partial charge on any atom is -0.303 e. The first-order valence-electron chi connectivity index (χ1n) is 5.73. The molecule has 0 aliphatic heterocycles. The normalized spacial score (nSPS) is 14.1. The van der Waals surface area contributed by atoms with Gasteiger partial charge in [0.05, 0.1) is 6.10 Å². The van der Waals surface area contributed by atoms with E-state index in [4.69, 9.17) is 14.3 Å². The number of hydrogen-bond donors (Lipinski definition) is 2. The molecule has 0 spiro atoms. The van der Waals surface area contributed by atoms with Crippen molar-refractivity contribution < 1.29 is 18.9 Å². The lowest BCUT2D eigenvalue weighted by Gasteiger charge is -2.17. The second-order valence-corrected chi connectivity index (χ2v) is 5.05. The van der Waals surface area contributed by atoms with Crippen LogP contribution in [0.3, 0.4) is 0 Å². The molecule has 5 heteroatoms. The predicted molar refractivity (Wildman–Crippen MR) is 60.6 cm³/mol. The van der Waals surface area contributed by atoms with Gasteiger partial charge in [0.25, 0.3) is 0 Å². The lowest BCUT2D eigenvalue weighted by molar-refractivity contribution is 0.117. The van der Waals surface area contributed by atoms with Crippen LogP contribution in [0.4, 0.5) is 0 Å². The molecule has 1 unspecified atom stereocenters. The number of unbranched alkanes of at least 4 members (excludes halogenated alkanes) is 3.